The molecule has 1 atom stereocenters. The molecule has 1 unspecified atom stereocenters. The van der Waals surface area contributed by atoms with E-state index in [1.807, 2.05) is 6.07 Å². The second-order valence-electron chi connectivity index (χ2n) is 4.62. The molecule has 0 N–H and O–H groups in total. The van der Waals surface area contributed by atoms with Gasteiger partial charge in [-0.15, -0.1) is 0 Å². The Morgan fingerprint density at radius 1 is 1.20 bits per heavy atom. The first-order valence-electron chi connectivity index (χ1n) is 5.75. The van der Waals surface area contributed by atoms with Crippen LogP contribution in [0.3, 0.4) is 0 Å². The SMILES string of the molecule is C1=CC12CCCC2OCc1ccccc1. The zero-order chi connectivity index (χ0) is 10.1. The minimum Gasteiger partial charge on any atom is -0.372 e. The van der Waals surface area contributed by atoms with Gasteiger partial charge in [0.15, 0.2) is 0 Å². The standard InChI is InChI=1S/C14H16O/c1-2-5-12(6-3-1)11-15-13-7-4-8-14(13)9-10-14/h1-3,5-6,9-10,13H,4,7-8,11H2. The highest BCUT2D eigenvalue weighted by atomic mass is 16.5. The minimum atomic E-state index is 0.370. The van der Waals surface area contributed by atoms with Crippen molar-refractivity contribution in [3.8, 4) is 0 Å². The molecule has 0 bridgehead atoms. The Labute approximate surface area is 90.8 Å². The highest BCUT2D eigenvalue weighted by Gasteiger charge is 2.46. The minimum absolute atomic E-state index is 0.370. The van der Waals surface area contributed by atoms with Gasteiger partial charge in [0.05, 0.1) is 12.7 Å². The van der Waals surface area contributed by atoms with Crippen molar-refractivity contribution in [1.29, 1.82) is 0 Å². The molecule has 1 saturated carbocycles. The van der Waals surface area contributed by atoms with Crippen LogP contribution < -0.4 is 0 Å². The summed E-state index contributed by atoms with van der Waals surface area (Å²) in [4.78, 5) is 0. The topological polar surface area (TPSA) is 9.23 Å². The Morgan fingerprint density at radius 3 is 2.73 bits per heavy atom. The molecule has 15 heavy (non-hydrogen) atoms. The van der Waals surface area contributed by atoms with E-state index in [9.17, 15) is 0 Å². The Bertz CT molecular complexity index is 360. The molecule has 0 saturated heterocycles. The highest BCUT2D eigenvalue weighted by molar-refractivity contribution is 5.31. The predicted molar refractivity (Wildman–Crippen MR) is 60.4 cm³/mol. The summed E-state index contributed by atoms with van der Waals surface area (Å²) in [6.45, 7) is 0.759. The summed E-state index contributed by atoms with van der Waals surface area (Å²) in [7, 11) is 0. The van der Waals surface area contributed by atoms with Crippen LogP contribution in [0, 0.1) is 5.41 Å². The molecular weight excluding hydrogens is 184 g/mol. The molecule has 1 aromatic rings. The maximum Gasteiger partial charge on any atom is 0.0721 e. The Hall–Kier alpha value is -1.08. The summed E-state index contributed by atoms with van der Waals surface area (Å²) in [6, 6.07) is 10.4. The molecular formula is C14H16O. The fraction of sp³-hybridized carbons (Fsp3) is 0.429. The maximum absolute atomic E-state index is 6.00. The number of benzene rings is 1. The van der Waals surface area contributed by atoms with Gasteiger partial charge in [0.2, 0.25) is 0 Å². The van der Waals surface area contributed by atoms with E-state index in [4.69, 9.17) is 4.74 Å². The molecule has 1 fully saturated rings. The summed E-state index contributed by atoms with van der Waals surface area (Å²) >= 11 is 0. The molecule has 3 rings (SSSR count). The van der Waals surface area contributed by atoms with Gasteiger partial charge in [0, 0.05) is 5.41 Å². The van der Waals surface area contributed by atoms with E-state index in [0.29, 0.717) is 11.5 Å². The average Bonchev–Trinajstić information content (AvgIpc) is 2.93. The van der Waals surface area contributed by atoms with E-state index < -0.39 is 0 Å². The van der Waals surface area contributed by atoms with E-state index in [1.165, 1.54) is 24.8 Å². The number of hydrogen-bond donors (Lipinski definition) is 0. The van der Waals surface area contributed by atoms with Crippen LogP contribution >= 0.6 is 0 Å². The van der Waals surface area contributed by atoms with Crippen LogP contribution in [0.15, 0.2) is 42.5 Å². The smallest absolute Gasteiger partial charge is 0.0721 e. The fourth-order valence-electron chi connectivity index (χ4n) is 2.52. The van der Waals surface area contributed by atoms with Crippen LogP contribution in [-0.2, 0) is 11.3 Å². The van der Waals surface area contributed by atoms with Crippen molar-refractivity contribution in [3.63, 3.8) is 0 Å². The number of ether oxygens (including phenoxy) is 1. The van der Waals surface area contributed by atoms with Crippen molar-refractivity contribution in [3.05, 3.63) is 48.0 Å². The summed E-state index contributed by atoms with van der Waals surface area (Å²) in [5, 5.41) is 0. The van der Waals surface area contributed by atoms with Gasteiger partial charge in [-0.3, -0.25) is 0 Å². The third kappa shape index (κ3) is 1.72. The lowest BCUT2D eigenvalue weighted by Gasteiger charge is -2.19. The molecule has 0 radical (unpaired) electrons. The Balaban J connectivity index is 1.58. The van der Waals surface area contributed by atoms with Crippen molar-refractivity contribution in [1.82, 2.24) is 0 Å². The van der Waals surface area contributed by atoms with Gasteiger partial charge in [0.1, 0.15) is 0 Å². The van der Waals surface area contributed by atoms with E-state index in [-0.39, 0.29) is 0 Å². The van der Waals surface area contributed by atoms with Crippen LogP contribution in [0.4, 0.5) is 0 Å². The Morgan fingerprint density at radius 2 is 2.00 bits per heavy atom. The first-order chi connectivity index (χ1) is 7.39. The first kappa shape index (κ1) is 9.17. The lowest BCUT2D eigenvalue weighted by Crippen LogP contribution is -2.20. The van der Waals surface area contributed by atoms with Crippen molar-refractivity contribution in [2.24, 2.45) is 5.41 Å². The zero-order valence-corrected chi connectivity index (χ0v) is 8.86. The molecule has 0 aliphatic heterocycles. The molecule has 1 nitrogen and oxygen atoms in total. The molecule has 2 aliphatic rings. The quantitative estimate of drug-likeness (QED) is 0.680. The van der Waals surface area contributed by atoms with E-state index in [2.05, 4.69) is 36.4 Å². The molecule has 2 aliphatic carbocycles. The molecule has 1 spiro atoms. The number of rotatable bonds is 3. The van der Waals surface area contributed by atoms with Crippen LogP contribution in [-0.4, -0.2) is 6.10 Å². The normalized spacial score (nSPS) is 26.0. The zero-order valence-electron chi connectivity index (χ0n) is 8.86. The van der Waals surface area contributed by atoms with Gasteiger partial charge in [0.25, 0.3) is 0 Å². The summed E-state index contributed by atoms with van der Waals surface area (Å²) in [5.41, 5.74) is 1.65. The van der Waals surface area contributed by atoms with Gasteiger partial charge in [-0.25, -0.2) is 0 Å². The Kier molecular flexibility index (Phi) is 2.14. The van der Waals surface area contributed by atoms with Gasteiger partial charge in [-0.05, 0) is 24.8 Å². The summed E-state index contributed by atoms with van der Waals surface area (Å²) < 4.78 is 6.00. The third-order valence-electron chi connectivity index (χ3n) is 3.56. The van der Waals surface area contributed by atoms with Crippen LogP contribution in [0.25, 0.3) is 0 Å². The largest absolute Gasteiger partial charge is 0.372 e. The van der Waals surface area contributed by atoms with Gasteiger partial charge in [-0.1, -0.05) is 42.5 Å². The monoisotopic (exact) mass is 200 g/mol. The van der Waals surface area contributed by atoms with Crippen molar-refractivity contribution < 1.29 is 4.74 Å². The predicted octanol–water partition coefficient (Wildman–Crippen LogP) is 3.31. The van der Waals surface area contributed by atoms with Crippen molar-refractivity contribution in [2.75, 3.05) is 0 Å². The van der Waals surface area contributed by atoms with Crippen LogP contribution in [0.2, 0.25) is 0 Å². The first-order valence-corrected chi connectivity index (χ1v) is 5.75. The van der Waals surface area contributed by atoms with Crippen molar-refractivity contribution >= 4 is 0 Å². The summed E-state index contributed by atoms with van der Waals surface area (Å²) in [5.74, 6) is 0. The lowest BCUT2D eigenvalue weighted by atomic mass is 10.0. The molecule has 78 valence electrons. The fourth-order valence-corrected chi connectivity index (χ4v) is 2.52. The van der Waals surface area contributed by atoms with Crippen molar-refractivity contribution in [2.45, 2.75) is 32.0 Å². The third-order valence-corrected chi connectivity index (χ3v) is 3.56. The highest BCUT2D eigenvalue weighted by Crippen LogP contribution is 2.51. The van der Waals surface area contributed by atoms with Crippen LogP contribution in [0.1, 0.15) is 24.8 Å². The van der Waals surface area contributed by atoms with E-state index in [1.54, 1.807) is 0 Å². The van der Waals surface area contributed by atoms with Gasteiger partial charge in [-0.2, -0.15) is 0 Å². The van der Waals surface area contributed by atoms with Gasteiger partial charge >= 0.3 is 0 Å². The molecule has 1 heteroatoms. The second-order valence-corrected chi connectivity index (χ2v) is 4.62. The van der Waals surface area contributed by atoms with E-state index >= 15 is 0 Å². The lowest BCUT2D eigenvalue weighted by molar-refractivity contribution is 0.0153. The molecule has 0 amide bonds. The average molecular weight is 200 g/mol. The molecule has 0 aromatic heterocycles. The van der Waals surface area contributed by atoms with E-state index in [0.717, 1.165) is 6.61 Å². The molecule has 1 aromatic carbocycles. The molecule has 0 heterocycles. The van der Waals surface area contributed by atoms with Crippen LogP contribution in [0.5, 0.6) is 0 Å². The van der Waals surface area contributed by atoms with Gasteiger partial charge < -0.3 is 4.74 Å². The second kappa shape index (κ2) is 3.49. The summed E-state index contributed by atoms with van der Waals surface area (Å²) in [6.07, 6.45) is 8.90. The number of hydrogen-bond acceptors (Lipinski definition) is 1. The maximum atomic E-state index is 6.00.